The van der Waals surface area contributed by atoms with E-state index in [9.17, 15) is 23.4 Å². The number of aliphatic hydroxyl groups is 2. The van der Waals surface area contributed by atoms with Crippen molar-refractivity contribution in [2.75, 3.05) is 33.4 Å². The first-order valence-electron chi connectivity index (χ1n) is 12.9. The molecule has 210 valence electrons. The number of methoxy groups -OCH3 is 1. The van der Waals surface area contributed by atoms with Crippen LogP contribution >= 0.6 is 0 Å². The topological polar surface area (TPSA) is 123 Å². The van der Waals surface area contributed by atoms with Crippen molar-refractivity contribution in [1.29, 1.82) is 0 Å². The SMILES string of the molecule is COc1ccc(S(=O)(=O)N(CC(C)C)C[C@@H](O)[C@@H](CC(=O)OC2COCC(O)C2)Cc2ccccc2)cc1. The monoisotopic (exact) mass is 549 g/mol. The van der Waals surface area contributed by atoms with E-state index in [1.807, 2.05) is 44.2 Å². The lowest BCUT2D eigenvalue weighted by atomic mass is 9.90. The summed E-state index contributed by atoms with van der Waals surface area (Å²) in [5.74, 6) is -0.580. The highest BCUT2D eigenvalue weighted by Crippen LogP contribution is 2.25. The number of sulfonamides is 1. The van der Waals surface area contributed by atoms with Crippen LogP contribution in [0.2, 0.25) is 0 Å². The number of hydrogen-bond acceptors (Lipinski definition) is 8. The predicted octanol–water partition coefficient (Wildman–Crippen LogP) is 2.64. The van der Waals surface area contributed by atoms with Gasteiger partial charge in [0.05, 0.1) is 43.8 Å². The Morgan fingerprint density at radius 1 is 1.08 bits per heavy atom. The zero-order valence-corrected chi connectivity index (χ0v) is 23.0. The number of carbonyl (C=O) groups is 1. The normalized spacial score (nSPS) is 19.8. The minimum absolute atomic E-state index is 0.00508. The van der Waals surface area contributed by atoms with Crippen molar-refractivity contribution in [2.45, 2.75) is 56.3 Å². The number of hydrogen-bond donors (Lipinski definition) is 2. The smallest absolute Gasteiger partial charge is 0.306 e. The first-order valence-corrected chi connectivity index (χ1v) is 14.3. The Balaban J connectivity index is 1.79. The van der Waals surface area contributed by atoms with Crippen LogP contribution in [0.15, 0.2) is 59.5 Å². The molecule has 10 heteroatoms. The molecule has 0 radical (unpaired) electrons. The van der Waals surface area contributed by atoms with E-state index in [2.05, 4.69) is 0 Å². The number of esters is 1. The summed E-state index contributed by atoms with van der Waals surface area (Å²) < 4.78 is 44.3. The van der Waals surface area contributed by atoms with Gasteiger partial charge in [0.1, 0.15) is 11.9 Å². The van der Waals surface area contributed by atoms with Crippen molar-refractivity contribution in [1.82, 2.24) is 4.31 Å². The average Bonchev–Trinajstić information content (AvgIpc) is 2.88. The lowest BCUT2D eigenvalue weighted by molar-refractivity contribution is -0.162. The van der Waals surface area contributed by atoms with Crippen LogP contribution in [-0.2, 0) is 30.7 Å². The van der Waals surface area contributed by atoms with Gasteiger partial charge in [-0.1, -0.05) is 44.2 Å². The number of carbonyl (C=O) groups excluding carboxylic acids is 1. The van der Waals surface area contributed by atoms with E-state index in [0.717, 1.165) is 5.56 Å². The highest BCUT2D eigenvalue weighted by molar-refractivity contribution is 7.89. The minimum atomic E-state index is -3.92. The number of ether oxygens (including phenoxy) is 3. The van der Waals surface area contributed by atoms with Crippen molar-refractivity contribution in [3.8, 4) is 5.75 Å². The Labute approximate surface area is 225 Å². The molecule has 1 saturated heterocycles. The molecule has 0 saturated carbocycles. The summed E-state index contributed by atoms with van der Waals surface area (Å²) in [6, 6.07) is 15.5. The van der Waals surface area contributed by atoms with Crippen LogP contribution in [0.5, 0.6) is 5.75 Å². The van der Waals surface area contributed by atoms with Gasteiger partial charge in [-0.15, -0.1) is 0 Å². The minimum Gasteiger partial charge on any atom is -0.497 e. The molecule has 1 aliphatic heterocycles. The van der Waals surface area contributed by atoms with Crippen molar-refractivity contribution in [2.24, 2.45) is 11.8 Å². The van der Waals surface area contributed by atoms with E-state index in [0.29, 0.717) is 18.6 Å². The van der Waals surface area contributed by atoms with Crippen molar-refractivity contribution in [3.05, 3.63) is 60.2 Å². The van der Waals surface area contributed by atoms with E-state index in [1.165, 1.54) is 23.5 Å². The molecule has 9 nitrogen and oxygen atoms in total. The van der Waals surface area contributed by atoms with Crippen molar-refractivity contribution in [3.63, 3.8) is 0 Å². The fraction of sp³-hybridized carbons (Fsp3) is 0.536. The van der Waals surface area contributed by atoms with Gasteiger partial charge in [-0.2, -0.15) is 4.31 Å². The summed E-state index contributed by atoms with van der Waals surface area (Å²) in [4.78, 5) is 12.9. The van der Waals surface area contributed by atoms with Crippen molar-refractivity contribution < 1.29 is 37.6 Å². The average molecular weight is 550 g/mol. The Kier molecular flexibility index (Phi) is 11.1. The molecule has 38 heavy (non-hydrogen) atoms. The molecule has 0 bridgehead atoms. The van der Waals surface area contributed by atoms with E-state index in [1.54, 1.807) is 12.1 Å². The largest absolute Gasteiger partial charge is 0.497 e. The molecule has 2 unspecified atom stereocenters. The first kappa shape index (κ1) is 30.0. The van der Waals surface area contributed by atoms with Gasteiger partial charge in [0, 0.05) is 25.4 Å². The van der Waals surface area contributed by atoms with Gasteiger partial charge in [-0.25, -0.2) is 8.42 Å². The lowest BCUT2D eigenvalue weighted by Crippen LogP contribution is -2.43. The number of rotatable bonds is 13. The van der Waals surface area contributed by atoms with Crippen LogP contribution in [-0.4, -0.2) is 80.6 Å². The summed E-state index contributed by atoms with van der Waals surface area (Å²) in [5.41, 5.74) is 0.911. The predicted molar refractivity (Wildman–Crippen MR) is 142 cm³/mol. The van der Waals surface area contributed by atoms with Gasteiger partial charge >= 0.3 is 5.97 Å². The second-order valence-electron chi connectivity index (χ2n) is 10.2. The van der Waals surface area contributed by atoms with Gasteiger partial charge < -0.3 is 24.4 Å². The molecule has 0 spiro atoms. The fourth-order valence-corrected chi connectivity index (χ4v) is 6.12. The number of benzene rings is 2. The molecule has 2 aromatic carbocycles. The molecular weight excluding hydrogens is 510 g/mol. The Hall–Kier alpha value is -2.50. The molecule has 2 N–H and O–H groups in total. The van der Waals surface area contributed by atoms with Crippen LogP contribution in [0.3, 0.4) is 0 Å². The molecular formula is C28H39NO8S. The summed E-state index contributed by atoms with van der Waals surface area (Å²) in [6.07, 6.45) is -1.85. The van der Waals surface area contributed by atoms with Crippen LogP contribution in [0, 0.1) is 11.8 Å². The van der Waals surface area contributed by atoms with E-state index >= 15 is 0 Å². The Morgan fingerprint density at radius 3 is 2.37 bits per heavy atom. The third kappa shape index (κ3) is 8.78. The maximum Gasteiger partial charge on any atom is 0.306 e. The molecule has 0 amide bonds. The van der Waals surface area contributed by atoms with Gasteiger partial charge in [0.15, 0.2) is 0 Å². The maximum absolute atomic E-state index is 13.5. The summed E-state index contributed by atoms with van der Waals surface area (Å²) in [6.45, 7) is 4.24. The van der Waals surface area contributed by atoms with Crippen LogP contribution in [0.1, 0.15) is 32.3 Å². The zero-order valence-electron chi connectivity index (χ0n) is 22.2. The molecule has 1 fully saturated rings. The van der Waals surface area contributed by atoms with E-state index in [-0.39, 0.29) is 43.5 Å². The van der Waals surface area contributed by atoms with Gasteiger partial charge in [-0.05, 0) is 42.2 Å². The highest BCUT2D eigenvalue weighted by atomic mass is 32.2. The Bertz CT molecular complexity index is 1110. The molecule has 0 aliphatic carbocycles. The lowest BCUT2D eigenvalue weighted by Gasteiger charge is -2.31. The molecule has 1 heterocycles. The maximum atomic E-state index is 13.5. The fourth-order valence-electron chi connectivity index (χ4n) is 4.50. The quantitative estimate of drug-likeness (QED) is 0.366. The second-order valence-corrected chi connectivity index (χ2v) is 12.1. The Morgan fingerprint density at radius 2 is 1.76 bits per heavy atom. The third-order valence-corrected chi connectivity index (χ3v) is 8.26. The van der Waals surface area contributed by atoms with Gasteiger partial charge in [0.2, 0.25) is 10.0 Å². The molecule has 0 aromatic heterocycles. The zero-order chi connectivity index (χ0) is 27.7. The third-order valence-electron chi connectivity index (χ3n) is 6.42. The molecule has 2 aromatic rings. The van der Waals surface area contributed by atoms with E-state index < -0.39 is 40.2 Å². The molecule has 3 rings (SSSR count). The van der Waals surface area contributed by atoms with Gasteiger partial charge in [-0.3, -0.25) is 4.79 Å². The van der Waals surface area contributed by atoms with Crippen molar-refractivity contribution >= 4 is 16.0 Å². The van der Waals surface area contributed by atoms with Crippen LogP contribution in [0.25, 0.3) is 0 Å². The number of nitrogens with zero attached hydrogens (tertiary/aromatic N) is 1. The standard InChI is InChI=1S/C28H39NO8S/c1-20(2)16-29(38(33,34)26-11-9-24(35-3)10-12-26)17-27(31)22(13-21-7-5-4-6-8-21)14-28(32)37-25-15-23(30)18-36-19-25/h4-12,20,22-23,25,27,30-31H,13-19H2,1-3H3/t22-,23?,25?,27-/m1/s1. The molecule has 4 atom stereocenters. The second kappa shape index (κ2) is 14.0. The number of aliphatic hydroxyl groups excluding tert-OH is 2. The van der Waals surface area contributed by atoms with Crippen LogP contribution in [0.4, 0.5) is 0 Å². The summed E-state index contributed by atoms with van der Waals surface area (Å²) in [5, 5.41) is 21.1. The van der Waals surface area contributed by atoms with Gasteiger partial charge in [0.25, 0.3) is 0 Å². The van der Waals surface area contributed by atoms with Crippen LogP contribution < -0.4 is 4.74 Å². The summed E-state index contributed by atoms with van der Waals surface area (Å²) in [7, 11) is -2.42. The highest BCUT2D eigenvalue weighted by Gasteiger charge is 2.33. The summed E-state index contributed by atoms with van der Waals surface area (Å²) >= 11 is 0. The van der Waals surface area contributed by atoms with E-state index in [4.69, 9.17) is 14.2 Å². The first-order chi connectivity index (χ1) is 18.1. The molecule has 1 aliphatic rings.